The molecule has 42 heavy (non-hydrogen) atoms. The first-order chi connectivity index (χ1) is 19.8. The zero-order valence-corrected chi connectivity index (χ0v) is 25.5. The largest absolute Gasteiger partial charge is 0.497 e. The number of methoxy groups -OCH3 is 1. The number of benzene rings is 1. The summed E-state index contributed by atoms with van der Waals surface area (Å²) in [5, 5.41) is 12.7. The lowest BCUT2D eigenvalue weighted by Gasteiger charge is -2.28. The van der Waals surface area contributed by atoms with E-state index >= 15 is 0 Å². The molecule has 0 aliphatic carbocycles. The minimum Gasteiger partial charge on any atom is -0.497 e. The van der Waals surface area contributed by atoms with Gasteiger partial charge in [-0.3, -0.25) is 4.79 Å². The Morgan fingerprint density at radius 3 is 2.52 bits per heavy atom. The average molecular weight is 585 g/mol. The van der Waals surface area contributed by atoms with E-state index in [1.54, 1.807) is 40.0 Å². The van der Waals surface area contributed by atoms with E-state index in [2.05, 4.69) is 16.9 Å². The Morgan fingerprint density at radius 1 is 1.17 bits per heavy atom. The summed E-state index contributed by atoms with van der Waals surface area (Å²) in [4.78, 5) is 49.4. The molecule has 0 spiro atoms. The lowest BCUT2D eigenvalue weighted by Crippen LogP contribution is -2.52. The van der Waals surface area contributed by atoms with Crippen LogP contribution in [0.3, 0.4) is 0 Å². The number of carboxylic acid groups (broad SMARTS) is 1. The van der Waals surface area contributed by atoms with Crippen LogP contribution in [0.25, 0.3) is 11.0 Å². The maximum Gasteiger partial charge on any atom is 0.408 e. The second kappa shape index (κ2) is 14.3. The van der Waals surface area contributed by atoms with Gasteiger partial charge in [-0.05, 0) is 52.2 Å². The molecule has 3 atom stereocenters. The van der Waals surface area contributed by atoms with Gasteiger partial charge in [-0.1, -0.05) is 32.8 Å². The molecule has 2 heterocycles. The molecule has 2 N–H and O–H groups in total. The smallest absolute Gasteiger partial charge is 0.408 e. The normalized spacial score (nSPS) is 17.6. The fourth-order valence-electron chi connectivity index (χ4n) is 4.86. The number of nitrogens with one attached hydrogen (secondary N) is 1. The molecular weight excluding hydrogens is 540 g/mol. The summed E-state index contributed by atoms with van der Waals surface area (Å²) in [5.41, 5.74) is 1.14. The number of carboxylic acids is 1. The van der Waals surface area contributed by atoms with Crippen molar-refractivity contribution < 1.29 is 33.7 Å². The Balaban J connectivity index is 1.84. The van der Waals surface area contributed by atoms with Gasteiger partial charge in [0, 0.05) is 18.4 Å². The number of hydrogen-bond donors (Lipinski definition) is 2. The number of carbonyl (C=O) groups is 3. The van der Waals surface area contributed by atoms with Crippen molar-refractivity contribution in [2.24, 2.45) is 0 Å². The van der Waals surface area contributed by atoms with Crippen LogP contribution >= 0.6 is 0 Å². The van der Waals surface area contributed by atoms with Gasteiger partial charge < -0.3 is 29.5 Å². The number of unbranched alkanes of at least 4 members (excludes halogenated alkanes) is 3. The van der Waals surface area contributed by atoms with Crippen LogP contribution in [0.4, 0.5) is 4.79 Å². The highest BCUT2D eigenvalue weighted by Gasteiger charge is 2.43. The minimum absolute atomic E-state index is 0.0168. The fourth-order valence-corrected chi connectivity index (χ4v) is 4.86. The number of aromatic nitrogens is 2. The van der Waals surface area contributed by atoms with Gasteiger partial charge in [-0.25, -0.2) is 19.6 Å². The number of likely N-dealkylation sites (tertiary alicyclic amines) is 1. The van der Waals surface area contributed by atoms with Gasteiger partial charge in [-0.15, -0.1) is 6.58 Å². The third-order valence-electron chi connectivity index (χ3n) is 6.91. The van der Waals surface area contributed by atoms with Gasteiger partial charge in [0.25, 0.3) is 0 Å². The predicted molar refractivity (Wildman–Crippen MR) is 159 cm³/mol. The number of allylic oxidation sites excluding steroid dienone is 1. The lowest BCUT2D eigenvalue weighted by atomic mass is 10.1. The van der Waals surface area contributed by atoms with E-state index in [0.29, 0.717) is 41.2 Å². The Kier molecular flexibility index (Phi) is 11.1. The van der Waals surface area contributed by atoms with Crippen LogP contribution in [-0.4, -0.2) is 75.4 Å². The molecule has 11 nitrogen and oxygen atoms in total. The number of rotatable bonds is 13. The van der Waals surface area contributed by atoms with Gasteiger partial charge in [0.15, 0.2) is 0 Å². The summed E-state index contributed by atoms with van der Waals surface area (Å²) in [6, 6.07) is 3.32. The molecule has 1 fully saturated rings. The molecule has 2 aromatic rings. The molecule has 1 aliphatic heterocycles. The zero-order chi connectivity index (χ0) is 31.0. The number of nitrogens with zero attached hydrogens (tertiary/aromatic N) is 3. The van der Waals surface area contributed by atoms with Gasteiger partial charge >= 0.3 is 12.1 Å². The summed E-state index contributed by atoms with van der Waals surface area (Å²) >= 11 is 0. The van der Waals surface area contributed by atoms with E-state index < -0.39 is 41.8 Å². The summed E-state index contributed by atoms with van der Waals surface area (Å²) in [5.74, 6) is -0.732. The quantitative estimate of drug-likeness (QED) is 0.239. The first-order valence-electron chi connectivity index (χ1n) is 14.5. The van der Waals surface area contributed by atoms with Crippen LogP contribution in [0, 0.1) is 0 Å². The summed E-state index contributed by atoms with van der Waals surface area (Å²) in [6.45, 7) is 12.9. The van der Waals surface area contributed by atoms with Crippen molar-refractivity contribution in [3.05, 3.63) is 36.5 Å². The molecule has 1 aliphatic rings. The molecule has 0 unspecified atom stereocenters. The molecular formula is C31H44N4O7. The second-order valence-electron chi connectivity index (χ2n) is 11.9. The van der Waals surface area contributed by atoms with Crippen LogP contribution in [0.2, 0.25) is 0 Å². The molecule has 1 saturated heterocycles. The van der Waals surface area contributed by atoms with Gasteiger partial charge in [0.05, 0.1) is 24.7 Å². The maximum atomic E-state index is 13.8. The number of hydrogen-bond acceptors (Lipinski definition) is 8. The summed E-state index contributed by atoms with van der Waals surface area (Å²) in [6.07, 6.45) is 4.15. The van der Waals surface area contributed by atoms with Crippen molar-refractivity contribution in [1.29, 1.82) is 0 Å². The van der Waals surface area contributed by atoms with Crippen LogP contribution < -0.4 is 14.8 Å². The van der Waals surface area contributed by atoms with Crippen molar-refractivity contribution in [1.82, 2.24) is 20.2 Å². The van der Waals surface area contributed by atoms with Crippen molar-refractivity contribution in [2.45, 2.75) is 103 Å². The molecule has 0 saturated carbocycles. The highest BCUT2D eigenvalue weighted by atomic mass is 16.6. The van der Waals surface area contributed by atoms with Crippen molar-refractivity contribution in [3.8, 4) is 11.6 Å². The van der Waals surface area contributed by atoms with E-state index in [-0.39, 0.29) is 18.9 Å². The topological polar surface area (TPSA) is 140 Å². The predicted octanol–water partition coefficient (Wildman–Crippen LogP) is 5.22. The Bertz CT molecular complexity index is 1270. The minimum atomic E-state index is -1.14. The lowest BCUT2D eigenvalue weighted by molar-refractivity contribution is -0.149. The monoisotopic (exact) mass is 584 g/mol. The summed E-state index contributed by atoms with van der Waals surface area (Å²) < 4.78 is 17.0. The van der Waals surface area contributed by atoms with E-state index in [4.69, 9.17) is 19.2 Å². The van der Waals surface area contributed by atoms with Crippen LogP contribution in [-0.2, 0) is 14.3 Å². The molecule has 0 radical (unpaired) electrons. The highest BCUT2D eigenvalue weighted by Crippen LogP contribution is 2.31. The Labute approximate surface area is 247 Å². The number of carbonyl (C=O) groups excluding carboxylic acids is 2. The number of fused-ring (bicyclic) bond motifs is 1. The van der Waals surface area contributed by atoms with Crippen molar-refractivity contribution in [2.75, 3.05) is 13.7 Å². The highest BCUT2D eigenvalue weighted by molar-refractivity contribution is 5.90. The summed E-state index contributed by atoms with van der Waals surface area (Å²) in [7, 11) is 1.57. The number of alkyl carbamates (subject to hydrolysis) is 1. The molecule has 1 aromatic heterocycles. The molecule has 2 amide bonds. The first kappa shape index (κ1) is 32.6. The van der Waals surface area contributed by atoms with E-state index in [9.17, 15) is 19.5 Å². The molecule has 1 aromatic carbocycles. The van der Waals surface area contributed by atoms with Crippen LogP contribution in [0.15, 0.2) is 30.9 Å². The number of aliphatic carboxylic acids is 1. The standard InChI is InChI=1S/C31H44N4O7/c1-8-9-10-11-12-13-23(34-30(39)42-31(4,5)6)28(36)35-18-21(17-25(35)29(37)38)41-27-26(19(2)3)32-22-15-14-20(40-7)16-24(22)33-27/h8,14-16,19,21,23,25H,1,9-13,17-18H2,2-7H3,(H,34,39)(H,37,38)/t21-,23+,25+/m1/s1. The van der Waals surface area contributed by atoms with Crippen molar-refractivity contribution in [3.63, 3.8) is 0 Å². The van der Waals surface area contributed by atoms with Crippen LogP contribution in [0.5, 0.6) is 11.6 Å². The third-order valence-corrected chi connectivity index (χ3v) is 6.91. The van der Waals surface area contributed by atoms with Gasteiger partial charge in [-0.2, -0.15) is 0 Å². The molecule has 230 valence electrons. The van der Waals surface area contributed by atoms with E-state index in [1.165, 1.54) is 4.90 Å². The molecule has 3 rings (SSSR count). The molecule has 11 heteroatoms. The first-order valence-corrected chi connectivity index (χ1v) is 14.5. The number of amides is 2. The van der Waals surface area contributed by atoms with E-state index in [1.807, 2.05) is 26.0 Å². The van der Waals surface area contributed by atoms with Crippen LogP contribution in [0.1, 0.15) is 84.8 Å². The Morgan fingerprint density at radius 2 is 1.90 bits per heavy atom. The van der Waals surface area contributed by atoms with Gasteiger partial charge in [0.2, 0.25) is 11.8 Å². The average Bonchev–Trinajstić information content (AvgIpc) is 3.34. The zero-order valence-electron chi connectivity index (χ0n) is 25.5. The third kappa shape index (κ3) is 8.80. The SMILES string of the molecule is C=CCCCCC[C@H](NC(=O)OC(C)(C)C)C(=O)N1C[C@H](Oc2nc3cc(OC)ccc3nc2C(C)C)C[C@H]1C(=O)O. The van der Waals surface area contributed by atoms with Gasteiger partial charge in [0.1, 0.15) is 35.2 Å². The molecule has 0 bridgehead atoms. The second-order valence-corrected chi connectivity index (χ2v) is 11.9. The van der Waals surface area contributed by atoms with Crippen molar-refractivity contribution >= 4 is 29.0 Å². The fraction of sp³-hybridized carbons (Fsp3) is 0.581. The Hall–Kier alpha value is -3.89. The number of ether oxygens (including phenoxy) is 3. The van der Waals surface area contributed by atoms with E-state index in [0.717, 1.165) is 19.3 Å². The maximum absolute atomic E-state index is 13.8.